The summed E-state index contributed by atoms with van der Waals surface area (Å²) in [5, 5.41) is 10.0. The maximum Gasteiger partial charge on any atom is 0.0739 e. The van der Waals surface area contributed by atoms with Crippen molar-refractivity contribution in [2.75, 3.05) is 20.3 Å². The zero-order valence-electron chi connectivity index (χ0n) is 10.4. The quantitative estimate of drug-likeness (QED) is 0.730. The molecule has 16 heavy (non-hydrogen) atoms. The maximum atomic E-state index is 10.0. The van der Waals surface area contributed by atoms with E-state index in [-0.39, 0.29) is 12.1 Å². The van der Waals surface area contributed by atoms with E-state index < -0.39 is 0 Å². The molecule has 2 unspecified atom stereocenters. The van der Waals surface area contributed by atoms with Crippen molar-refractivity contribution in [3.8, 4) is 0 Å². The fourth-order valence-electron chi connectivity index (χ4n) is 3.04. The standard InChI is InChI=1S/C13H25NO2/c1-14(11-6-4-2-3-5-7-11)12-10-16-9-8-13(12)15/h11-13,15H,2-10H2,1H3. The first-order chi connectivity index (χ1) is 7.79. The monoisotopic (exact) mass is 227 g/mol. The molecule has 94 valence electrons. The van der Waals surface area contributed by atoms with Crippen LogP contribution in [0.5, 0.6) is 0 Å². The smallest absolute Gasteiger partial charge is 0.0739 e. The van der Waals surface area contributed by atoms with Crippen LogP contribution in [0.3, 0.4) is 0 Å². The van der Waals surface area contributed by atoms with Crippen LogP contribution in [0.2, 0.25) is 0 Å². The van der Waals surface area contributed by atoms with Gasteiger partial charge in [-0.05, 0) is 26.3 Å². The predicted octanol–water partition coefficient (Wildman–Crippen LogP) is 1.79. The molecule has 1 aliphatic heterocycles. The largest absolute Gasteiger partial charge is 0.391 e. The normalized spacial score (nSPS) is 33.9. The molecule has 2 fully saturated rings. The van der Waals surface area contributed by atoms with E-state index in [2.05, 4.69) is 11.9 Å². The van der Waals surface area contributed by atoms with Crippen molar-refractivity contribution < 1.29 is 9.84 Å². The zero-order chi connectivity index (χ0) is 11.4. The average molecular weight is 227 g/mol. The molecule has 2 aliphatic rings. The third-order valence-corrected chi connectivity index (χ3v) is 4.21. The van der Waals surface area contributed by atoms with Crippen molar-refractivity contribution >= 4 is 0 Å². The minimum atomic E-state index is -0.193. The summed E-state index contributed by atoms with van der Waals surface area (Å²) in [4.78, 5) is 2.38. The van der Waals surface area contributed by atoms with Crippen LogP contribution in [0, 0.1) is 0 Å². The summed E-state index contributed by atoms with van der Waals surface area (Å²) in [7, 11) is 2.17. The average Bonchev–Trinajstić information content (AvgIpc) is 2.57. The van der Waals surface area contributed by atoms with Gasteiger partial charge in [-0.1, -0.05) is 25.7 Å². The van der Waals surface area contributed by atoms with Gasteiger partial charge >= 0.3 is 0 Å². The molecule has 0 aromatic heterocycles. The lowest BCUT2D eigenvalue weighted by molar-refractivity contribution is -0.0665. The van der Waals surface area contributed by atoms with Crippen molar-refractivity contribution in [1.82, 2.24) is 4.90 Å². The van der Waals surface area contributed by atoms with Gasteiger partial charge in [-0.25, -0.2) is 0 Å². The molecule has 1 saturated heterocycles. The number of aliphatic hydroxyl groups excluding tert-OH is 1. The Labute approximate surface area is 98.8 Å². The third kappa shape index (κ3) is 2.96. The Morgan fingerprint density at radius 2 is 1.75 bits per heavy atom. The fraction of sp³-hybridized carbons (Fsp3) is 1.00. The molecular weight excluding hydrogens is 202 g/mol. The second-order valence-corrected chi connectivity index (χ2v) is 5.31. The summed E-state index contributed by atoms with van der Waals surface area (Å²) in [6, 6.07) is 0.876. The van der Waals surface area contributed by atoms with Gasteiger partial charge in [0.1, 0.15) is 0 Å². The molecule has 2 atom stereocenters. The molecule has 2 rings (SSSR count). The van der Waals surface area contributed by atoms with Gasteiger partial charge in [0.25, 0.3) is 0 Å². The second kappa shape index (κ2) is 5.99. The van der Waals surface area contributed by atoms with Crippen LogP contribution in [0.1, 0.15) is 44.9 Å². The minimum absolute atomic E-state index is 0.193. The van der Waals surface area contributed by atoms with E-state index in [4.69, 9.17) is 4.74 Å². The fourth-order valence-corrected chi connectivity index (χ4v) is 3.04. The van der Waals surface area contributed by atoms with Gasteiger partial charge in [0.2, 0.25) is 0 Å². The lowest BCUT2D eigenvalue weighted by Crippen LogP contribution is -2.51. The molecule has 0 radical (unpaired) electrons. The van der Waals surface area contributed by atoms with Crippen LogP contribution in [0.15, 0.2) is 0 Å². The van der Waals surface area contributed by atoms with Crippen LogP contribution in [0.25, 0.3) is 0 Å². The molecule has 3 heteroatoms. The van der Waals surface area contributed by atoms with Crippen molar-refractivity contribution in [2.24, 2.45) is 0 Å². The van der Waals surface area contributed by atoms with Gasteiger partial charge < -0.3 is 9.84 Å². The maximum absolute atomic E-state index is 10.0. The number of nitrogens with zero attached hydrogens (tertiary/aromatic N) is 1. The molecular formula is C13H25NO2. The van der Waals surface area contributed by atoms with Gasteiger partial charge in [-0.2, -0.15) is 0 Å². The highest BCUT2D eigenvalue weighted by Gasteiger charge is 2.31. The Hall–Kier alpha value is -0.120. The van der Waals surface area contributed by atoms with E-state index in [1.807, 2.05) is 0 Å². The van der Waals surface area contributed by atoms with Gasteiger partial charge in [0.05, 0.1) is 18.8 Å². The Balaban J connectivity index is 1.90. The summed E-state index contributed by atoms with van der Waals surface area (Å²) in [6.07, 6.45) is 8.64. The Bertz CT molecular complexity index is 202. The van der Waals surface area contributed by atoms with Crippen LogP contribution in [0.4, 0.5) is 0 Å². The minimum Gasteiger partial charge on any atom is -0.391 e. The molecule has 1 heterocycles. The highest BCUT2D eigenvalue weighted by Crippen LogP contribution is 2.24. The summed E-state index contributed by atoms with van der Waals surface area (Å²) in [6.45, 7) is 1.42. The molecule has 0 bridgehead atoms. The van der Waals surface area contributed by atoms with E-state index in [1.54, 1.807) is 0 Å². The molecule has 1 aliphatic carbocycles. The lowest BCUT2D eigenvalue weighted by atomic mass is 10.0. The number of rotatable bonds is 2. The predicted molar refractivity (Wildman–Crippen MR) is 64.5 cm³/mol. The summed E-state index contributed by atoms with van der Waals surface area (Å²) < 4.78 is 5.49. The highest BCUT2D eigenvalue weighted by molar-refractivity contribution is 4.85. The van der Waals surface area contributed by atoms with E-state index in [0.29, 0.717) is 12.6 Å². The third-order valence-electron chi connectivity index (χ3n) is 4.21. The van der Waals surface area contributed by atoms with E-state index in [0.717, 1.165) is 13.0 Å². The lowest BCUT2D eigenvalue weighted by Gasteiger charge is -2.39. The molecule has 0 aromatic carbocycles. The molecule has 0 amide bonds. The van der Waals surface area contributed by atoms with Crippen molar-refractivity contribution in [1.29, 1.82) is 0 Å². The number of hydrogen-bond donors (Lipinski definition) is 1. The van der Waals surface area contributed by atoms with E-state index in [9.17, 15) is 5.11 Å². The number of hydrogen-bond acceptors (Lipinski definition) is 3. The molecule has 3 nitrogen and oxygen atoms in total. The van der Waals surface area contributed by atoms with Gasteiger partial charge in [-0.3, -0.25) is 4.90 Å². The summed E-state index contributed by atoms with van der Waals surface area (Å²) >= 11 is 0. The van der Waals surface area contributed by atoms with Crippen molar-refractivity contribution in [3.63, 3.8) is 0 Å². The second-order valence-electron chi connectivity index (χ2n) is 5.31. The molecule has 1 saturated carbocycles. The molecule has 1 N–H and O–H groups in total. The SMILES string of the molecule is CN(C1CCCCCC1)C1COCCC1O. The van der Waals surface area contributed by atoms with E-state index >= 15 is 0 Å². The van der Waals surface area contributed by atoms with Gasteiger partial charge in [0, 0.05) is 12.6 Å². The van der Waals surface area contributed by atoms with Crippen LogP contribution >= 0.6 is 0 Å². The molecule has 0 aromatic rings. The topological polar surface area (TPSA) is 32.7 Å². The number of ether oxygens (including phenoxy) is 1. The first kappa shape index (κ1) is 12.3. The highest BCUT2D eigenvalue weighted by atomic mass is 16.5. The van der Waals surface area contributed by atoms with Crippen LogP contribution in [-0.2, 0) is 4.74 Å². The van der Waals surface area contributed by atoms with Crippen molar-refractivity contribution in [3.05, 3.63) is 0 Å². The summed E-state index contributed by atoms with van der Waals surface area (Å²) in [5.74, 6) is 0. The Morgan fingerprint density at radius 3 is 2.38 bits per heavy atom. The van der Waals surface area contributed by atoms with Crippen molar-refractivity contribution in [2.45, 2.75) is 63.1 Å². The zero-order valence-corrected chi connectivity index (χ0v) is 10.4. The van der Waals surface area contributed by atoms with Gasteiger partial charge in [0.15, 0.2) is 0 Å². The Morgan fingerprint density at radius 1 is 1.06 bits per heavy atom. The van der Waals surface area contributed by atoms with Crippen LogP contribution in [-0.4, -0.2) is 48.5 Å². The van der Waals surface area contributed by atoms with Gasteiger partial charge in [-0.15, -0.1) is 0 Å². The Kier molecular flexibility index (Phi) is 4.62. The summed E-state index contributed by atoms with van der Waals surface area (Å²) in [5.41, 5.74) is 0. The van der Waals surface area contributed by atoms with Crippen LogP contribution < -0.4 is 0 Å². The first-order valence-electron chi connectivity index (χ1n) is 6.77. The number of likely N-dealkylation sites (N-methyl/N-ethyl adjacent to an activating group) is 1. The first-order valence-corrected chi connectivity index (χ1v) is 6.77. The number of aliphatic hydroxyl groups is 1. The molecule has 0 spiro atoms. The van der Waals surface area contributed by atoms with E-state index in [1.165, 1.54) is 38.5 Å².